The van der Waals surface area contributed by atoms with Gasteiger partial charge in [0, 0.05) is 18.5 Å². The Morgan fingerprint density at radius 2 is 1.50 bits per heavy atom. The van der Waals surface area contributed by atoms with Gasteiger partial charge in [0.25, 0.3) is 0 Å². The first-order valence-corrected chi connectivity index (χ1v) is 8.26. The minimum absolute atomic E-state index is 0.0257. The fourth-order valence-corrected chi connectivity index (χ4v) is 2.07. The van der Waals surface area contributed by atoms with Gasteiger partial charge in [0.15, 0.2) is 0 Å². The van der Waals surface area contributed by atoms with E-state index in [2.05, 4.69) is 19.2 Å². The SMILES string of the molecule is CCCCCC(=O)Nc1ccc(OC(=O)CCCCC)cc1. The van der Waals surface area contributed by atoms with Crippen LogP contribution < -0.4 is 10.1 Å². The molecule has 0 spiro atoms. The molecule has 0 radical (unpaired) electrons. The van der Waals surface area contributed by atoms with Crippen molar-refractivity contribution in [2.45, 2.75) is 65.2 Å². The third-order valence-electron chi connectivity index (χ3n) is 3.36. The van der Waals surface area contributed by atoms with Crippen LogP contribution in [0.5, 0.6) is 5.75 Å². The van der Waals surface area contributed by atoms with Crippen LogP contribution in [0.2, 0.25) is 0 Å². The Labute approximate surface area is 133 Å². The van der Waals surface area contributed by atoms with E-state index in [-0.39, 0.29) is 11.9 Å². The summed E-state index contributed by atoms with van der Waals surface area (Å²) in [4.78, 5) is 23.3. The zero-order chi connectivity index (χ0) is 16.2. The number of benzene rings is 1. The number of carbonyl (C=O) groups is 2. The van der Waals surface area contributed by atoms with Crippen molar-refractivity contribution < 1.29 is 14.3 Å². The highest BCUT2D eigenvalue weighted by atomic mass is 16.5. The average Bonchev–Trinajstić information content (AvgIpc) is 2.50. The van der Waals surface area contributed by atoms with Crippen LogP contribution in [0.3, 0.4) is 0 Å². The maximum Gasteiger partial charge on any atom is 0.311 e. The van der Waals surface area contributed by atoms with E-state index >= 15 is 0 Å². The topological polar surface area (TPSA) is 55.4 Å². The number of hydrogen-bond acceptors (Lipinski definition) is 3. The van der Waals surface area contributed by atoms with Crippen LogP contribution in [0.4, 0.5) is 5.69 Å². The number of esters is 1. The lowest BCUT2D eigenvalue weighted by Gasteiger charge is -2.07. The van der Waals surface area contributed by atoms with Gasteiger partial charge in [0.1, 0.15) is 5.75 Å². The van der Waals surface area contributed by atoms with Crippen molar-refractivity contribution >= 4 is 17.6 Å². The lowest BCUT2D eigenvalue weighted by Crippen LogP contribution is -2.11. The molecule has 0 unspecified atom stereocenters. The molecule has 1 amide bonds. The lowest BCUT2D eigenvalue weighted by atomic mass is 10.2. The molecule has 4 heteroatoms. The Bertz CT molecular complexity index is 411. The molecule has 0 fully saturated rings. The highest BCUT2D eigenvalue weighted by Gasteiger charge is 2.06. The zero-order valence-electron chi connectivity index (χ0n) is 13.7. The smallest absolute Gasteiger partial charge is 0.311 e. The number of amides is 1. The molecule has 1 rings (SSSR count). The largest absolute Gasteiger partial charge is 0.427 e. The van der Waals surface area contributed by atoms with Gasteiger partial charge in [-0.1, -0.05) is 39.5 Å². The minimum Gasteiger partial charge on any atom is -0.427 e. The highest BCUT2D eigenvalue weighted by molar-refractivity contribution is 5.90. The Morgan fingerprint density at radius 3 is 2.09 bits per heavy atom. The molecule has 0 aromatic heterocycles. The van der Waals surface area contributed by atoms with Gasteiger partial charge < -0.3 is 10.1 Å². The van der Waals surface area contributed by atoms with Crippen LogP contribution in [0.25, 0.3) is 0 Å². The van der Waals surface area contributed by atoms with E-state index in [4.69, 9.17) is 4.74 Å². The van der Waals surface area contributed by atoms with Gasteiger partial charge in [0.05, 0.1) is 0 Å². The summed E-state index contributed by atoms with van der Waals surface area (Å²) in [6.07, 6.45) is 7.06. The molecule has 0 heterocycles. The van der Waals surface area contributed by atoms with Crippen molar-refractivity contribution in [2.75, 3.05) is 5.32 Å². The van der Waals surface area contributed by atoms with Gasteiger partial charge in [-0.05, 0) is 37.1 Å². The first-order chi connectivity index (χ1) is 10.7. The quantitative estimate of drug-likeness (QED) is 0.387. The molecule has 4 nitrogen and oxygen atoms in total. The van der Waals surface area contributed by atoms with E-state index in [9.17, 15) is 9.59 Å². The summed E-state index contributed by atoms with van der Waals surface area (Å²) >= 11 is 0. The van der Waals surface area contributed by atoms with Crippen LogP contribution in [-0.2, 0) is 9.59 Å². The Hall–Kier alpha value is -1.84. The summed E-state index contributed by atoms with van der Waals surface area (Å²) in [7, 11) is 0. The molecule has 1 N–H and O–H groups in total. The summed E-state index contributed by atoms with van der Waals surface area (Å²) in [5, 5.41) is 2.84. The molecule has 0 aliphatic rings. The van der Waals surface area contributed by atoms with E-state index in [0.29, 0.717) is 18.6 Å². The minimum atomic E-state index is -0.204. The molecular weight excluding hydrogens is 278 g/mol. The van der Waals surface area contributed by atoms with Crippen molar-refractivity contribution in [1.82, 2.24) is 0 Å². The molecule has 1 aromatic rings. The highest BCUT2D eigenvalue weighted by Crippen LogP contribution is 2.17. The lowest BCUT2D eigenvalue weighted by molar-refractivity contribution is -0.134. The van der Waals surface area contributed by atoms with Crippen molar-refractivity contribution in [3.05, 3.63) is 24.3 Å². The molecular formula is C18H27NO3. The second kappa shape index (κ2) is 10.8. The number of rotatable bonds is 10. The second-order valence-electron chi connectivity index (χ2n) is 5.46. The summed E-state index contributed by atoms with van der Waals surface area (Å²) in [6, 6.07) is 6.93. The molecule has 22 heavy (non-hydrogen) atoms. The molecule has 0 bridgehead atoms. The summed E-state index contributed by atoms with van der Waals surface area (Å²) in [5.74, 6) is 0.341. The van der Waals surface area contributed by atoms with Crippen LogP contribution in [0.15, 0.2) is 24.3 Å². The molecule has 1 aromatic carbocycles. The van der Waals surface area contributed by atoms with E-state index in [1.54, 1.807) is 24.3 Å². The Morgan fingerprint density at radius 1 is 0.909 bits per heavy atom. The van der Waals surface area contributed by atoms with Gasteiger partial charge in [-0.15, -0.1) is 0 Å². The monoisotopic (exact) mass is 305 g/mol. The predicted molar refractivity (Wildman–Crippen MR) is 89.0 cm³/mol. The normalized spacial score (nSPS) is 10.3. The fourth-order valence-electron chi connectivity index (χ4n) is 2.07. The van der Waals surface area contributed by atoms with Crippen LogP contribution in [-0.4, -0.2) is 11.9 Å². The number of nitrogens with one attached hydrogen (secondary N) is 1. The maximum absolute atomic E-state index is 11.7. The standard InChI is InChI=1S/C18H27NO3/c1-3-5-7-9-17(20)19-15-11-13-16(14-12-15)22-18(21)10-8-6-4-2/h11-14H,3-10H2,1-2H3,(H,19,20). The third-order valence-corrected chi connectivity index (χ3v) is 3.36. The fraction of sp³-hybridized carbons (Fsp3) is 0.556. The number of hydrogen-bond donors (Lipinski definition) is 1. The van der Waals surface area contributed by atoms with Gasteiger partial charge >= 0.3 is 5.97 Å². The molecule has 0 aliphatic carbocycles. The van der Waals surface area contributed by atoms with Gasteiger partial charge in [0.2, 0.25) is 5.91 Å². The first kappa shape index (κ1) is 18.2. The van der Waals surface area contributed by atoms with Crippen molar-refractivity contribution in [3.8, 4) is 5.75 Å². The van der Waals surface area contributed by atoms with Gasteiger partial charge in [-0.3, -0.25) is 9.59 Å². The van der Waals surface area contributed by atoms with Crippen molar-refractivity contribution in [3.63, 3.8) is 0 Å². The number of anilines is 1. The number of unbranched alkanes of at least 4 members (excludes halogenated alkanes) is 4. The number of carbonyl (C=O) groups excluding carboxylic acids is 2. The van der Waals surface area contributed by atoms with Crippen molar-refractivity contribution in [2.24, 2.45) is 0 Å². The molecule has 0 saturated heterocycles. The summed E-state index contributed by atoms with van der Waals surface area (Å²) in [6.45, 7) is 4.21. The van der Waals surface area contributed by atoms with E-state index in [0.717, 1.165) is 44.2 Å². The van der Waals surface area contributed by atoms with Crippen LogP contribution in [0, 0.1) is 0 Å². The zero-order valence-corrected chi connectivity index (χ0v) is 13.7. The maximum atomic E-state index is 11.7. The number of ether oxygens (including phenoxy) is 1. The van der Waals surface area contributed by atoms with E-state index in [1.165, 1.54) is 0 Å². The van der Waals surface area contributed by atoms with Crippen LogP contribution >= 0.6 is 0 Å². The summed E-state index contributed by atoms with van der Waals surface area (Å²) in [5.41, 5.74) is 0.729. The Kier molecular flexibility index (Phi) is 8.96. The Balaban J connectivity index is 2.36. The van der Waals surface area contributed by atoms with E-state index < -0.39 is 0 Å². The predicted octanol–water partition coefficient (Wildman–Crippen LogP) is 4.69. The third kappa shape index (κ3) is 7.81. The van der Waals surface area contributed by atoms with Gasteiger partial charge in [-0.2, -0.15) is 0 Å². The first-order valence-electron chi connectivity index (χ1n) is 8.26. The van der Waals surface area contributed by atoms with Crippen molar-refractivity contribution in [1.29, 1.82) is 0 Å². The molecule has 0 saturated carbocycles. The van der Waals surface area contributed by atoms with Crippen LogP contribution in [0.1, 0.15) is 65.2 Å². The molecule has 0 atom stereocenters. The molecule has 0 aliphatic heterocycles. The second-order valence-corrected chi connectivity index (χ2v) is 5.46. The summed E-state index contributed by atoms with van der Waals surface area (Å²) < 4.78 is 5.25. The van der Waals surface area contributed by atoms with Gasteiger partial charge in [-0.25, -0.2) is 0 Å². The average molecular weight is 305 g/mol. The van der Waals surface area contributed by atoms with E-state index in [1.807, 2.05) is 0 Å². The molecule has 122 valence electrons.